The van der Waals surface area contributed by atoms with Gasteiger partial charge in [0.1, 0.15) is 11.6 Å². The molecule has 0 saturated heterocycles. The van der Waals surface area contributed by atoms with E-state index in [1.165, 1.54) is 29.2 Å². The average molecular weight is 416 g/mol. The summed E-state index contributed by atoms with van der Waals surface area (Å²) >= 11 is 0. The van der Waals surface area contributed by atoms with Crippen molar-refractivity contribution < 1.29 is 13.9 Å². The SMILES string of the molecule is COc1ccc(N(Cc2cc3ccc(C)cc3[nH]c2=O)C(=O)c2ccc(F)cc2)cc1. The first-order chi connectivity index (χ1) is 14.9. The number of rotatable bonds is 5. The van der Waals surface area contributed by atoms with E-state index in [1.54, 1.807) is 37.4 Å². The molecule has 0 radical (unpaired) electrons. The summed E-state index contributed by atoms with van der Waals surface area (Å²) < 4.78 is 18.6. The maximum absolute atomic E-state index is 13.3. The van der Waals surface area contributed by atoms with Gasteiger partial charge in [0.15, 0.2) is 0 Å². The van der Waals surface area contributed by atoms with Crippen molar-refractivity contribution in [3.05, 3.63) is 106 Å². The van der Waals surface area contributed by atoms with Crippen LogP contribution < -0.4 is 15.2 Å². The standard InChI is InChI=1S/C25H21FN2O3/c1-16-3-4-18-14-19(24(29)27-23(18)13-16)15-28(21-9-11-22(31-2)12-10-21)25(30)17-5-7-20(26)8-6-17/h3-14H,15H2,1-2H3,(H,27,29). The molecule has 6 heteroatoms. The molecule has 0 aliphatic rings. The van der Waals surface area contributed by atoms with E-state index in [2.05, 4.69) is 4.98 Å². The number of aromatic amines is 1. The molecule has 0 aliphatic carbocycles. The molecule has 1 aromatic heterocycles. The van der Waals surface area contributed by atoms with Crippen LogP contribution in [0.1, 0.15) is 21.5 Å². The number of hydrogen-bond acceptors (Lipinski definition) is 3. The lowest BCUT2D eigenvalue weighted by Crippen LogP contribution is -2.32. The number of nitrogens with zero attached hydrogens (tertiary/aromatic N) is 1. The number of halogens is 1. The van der Waals surface area contributed by atoms with Gasteiger partial charge in [-0.2, -0.15) is 0 Å². The maximum Gasteiger partial charge on any atom is 0.258 e. The largest absolute Gasteiger partial charge is 0.497 e. The van der Waals surface area contributed by atoms with Crippen molar-refractivity contribution in [2.45, 2.75) is 13.5 Å². The second-order valence-corrected chi connectivity index (χ2v) is 7.31. The van der Waals surface area contributed by atoms with E-state index < -0.39 is 5.82 Å². The molecule has 4 aromatic rings. The Morgan fingerprint density at radius 2 is 1.71 bits per heavy atom. The molecule has 4 rings (SSSR count). The number of fused-ring (bicyclic) bond motifs is 1. The first kappa shape index (κ1) is 20.3. The summed E-state index contributed by atoms with van der Waals surface area (Å²) in [6, 6.07) is 19.9. The second-order valence-electron chi connectivity index (χ2n) is 7.31. The fraction of sp³-hybridized carbons (Fsp3) is 0.120. The zero-order valence-electron chi connectivity index (χ0n) is 17.2. The highest BCUT2D eigenvalue weighted by atomic mass is 19.1. The second kappa shape index (κ2) is 8.44. The van der Waals surface area contributed by atoms with Gasteiger partial charge >= 0.3 is 0 Å². The molecule has 0 bridgehead atoms. The van der Waals surface area contributed by atoms with E-state index in [-0.39, 0.29) is 18.0 Å². The van der Waals surface area contributed by atoms with Crippen molar-refractivity contribution >= 4 is 22.5 Å². The fourth-order valence-corrected chi connectivity index (χ4v) is 3.44. The highest BCUT2D eigenvalue weighted by molar-refractivity contribution is 6.06. The predicted octanol–water partition coefficient (Wildman–Crippen LogP) is 4.83. The number of hydrogen-bond donors (Lipinski definition) is 1. The van der Waals surface area contributed by atoms with Crippen LogP contribution >= 0.6 is 0 Å². The first-order valence-electron chi connectivity index (χ1n) is 9.78. The number of aryl methyl sites for hydroxylation is 1. The zero-order valence-corrected chi connectivity index (χ0v) is 17.2. The maximum atomic E-state index is 13.3. The van der Waals surface area contributed by atoms with Crippen LogP contribution in [0.5, 0.6) is 5.75 Å². The number of amides is 1. The summed E-state index contributed by atoms with van der Waals surface area (Å²) in [6.45, 7) is 2.01. The average Bonchev–Trinajstić information content (AvgIpc) is 2.78. The Balaban J connectivity index is 1.76. The minimum atomic E-state index is -0.422. The molecule has 3 aromatic carbocycles. The van der Waals surface area contributed by atoms with Crippen molar-refractivity contribution in [2.24, 2.45) is 0 Å². The highest BCUT2D eigenvalue weighted by Crippen LogP contribution is 2.24. The number of aromatic nitrogens is 1. The van der Waals surface area contributed by atoms with Crippen LogP contribution in [-0.2, 0) is 6.54 Å². The third-order valence-electron chi connectivity index (χ3n) is 5.13. The van der Waals surface area contributed by atoms with Crippen LogP contribution in [0.4, 0.5) is 10.1 Å². The van der Waals surface area contributed by atoms with Gasteiger partial charge in [-0.05, 0) is 78.5 Å². The number of carbonyl (C=O) groups is 1. The van der Waals surface area contributed by atoms with Crippen molar-refractivity contribution in [3.8, 4) is 5.75 Å². The van der Waals surface area contributed by atoms with Gasteiger partial charge in [0.25, 0.3) is 11.5 Å². The number of pyridine rings is 1. The Hall–Kier alpha value is -3.93. The van der Waals surface area contributed by atoms with Gasteiger partial charge in [0.2, 0.25) is 0 Å². The molecular weight excluding hydrogens is 395 g/mol. The summed E-state index contributed by atoms with van der Waals surface area (Å²) in [7, 11) is 1.56. The molecule has 1 amide bonds. The molecule has 0 aliphatic heterocycles. The van der Waals surface area contributed by atoms with Gasteiger partial charge in [-0.25, -0.2) is 4.39 Å². The lowest BCUT2D eigenvalue weighted by Gasteiger charge is -2.23. The van der Waals surface area contributed by atoms with E-state index in [9.17, 15) is 14.0 Å². The molecule has 0 unspecified atom stereocenters. The van der Waals surface area contributed by atoms with Crippen molar-refractivity contribution in [2.75, 3.05) is 12.0 Å². The van der Waals surface area contributed by atoms with Crippen LogP contribution in [-0.4, -0.2) is 18.0 Å². The Labute approximate surface area is 178 Å². The monoisotopic (exact) mass is 416 g/mol. The Morgan fingerprint density at radius 1 is 1.00 bits per heavy atom. The number of methoxy groups -OCH3 is 1. The van der Waals surface area contributed by atoms with Gasteiger partial charge in [-0.15, -0.1) is 0 Å². The highest BCUT2D eigenvalue weighted by Gasteiger charge is 2.20. The van der Waals surface area contributed by atoms with Crippen molar-refractivity contribution in [3.63, 3.8) is 0 Å². The molecule has 1 heterocycles. The molecule has 156 valence electrons. The van der Waals surface area contributed by atoms with E-state index in [0.717, 1.165) is 16.5 Å². The number of H-pyrrole nitrogens is 1. The van der Waals surface area contributed by atoms with Crippen LogP contribution in [0.15, 0.2) is 77.6 Å². The van der Waals surface area contributed by atoms with Crippen molar-refractivity contribution in [1.82, 2.24) is 4.98 Å². The third kappa shape index (κ3) is 4.33. The summed E-state index contributed by atoms with van der Waals surface area (Å²) in [6.07, 6.45) is 0. The van der Waals surface area contributed by atoms with E-state index in [1.807, 2.05) is 25.1 Å². The van der Waals surface area contributed by atoms with Crippen LogP contribution in [0.3, 0.4) is 0 Å². The van der Waals surface area contributed by atoms with Gasteiger partial charge in [-0.1, -0.05) is 12.1 Å². The summed E-state index contributed by atoms with van der Waals surface area (Å²) in [5, 5.41) is 0.879. The minimum Gasteiger partial charge on any atom is -0.497 e. The lowest BCUT2D eigenvalue weighted by atomic mass is 10.1. The molecule has 0 fully saturated rings. The molecule has 31 heavy (non-hydrogen) atoms. The molecular formula is C25H21FN2O3. The number of carbonyl (C=O) groups excluding carboxylic acids is 1. The fourth-order valence-electron chi connectivity index (χ4n) is 3.44. The van der Waals surface area contributed by atoms with E-state index >= 15 is 0 Å². The van der Waals surface area contributed by atoms with Crippen LogP contribution in [0, 0.1) is 12.7 Å². The smallest absolute Gasteiger partial charge is 0.258 e. The molecule has 5 nitrogen and oxygen atoms in total. The quantitative estimate of drug-likeness (QED) is 0.507. The first-order valence-corrected chi connectivity index (χ1v) is 9.78. The topological polar surface area (TPSA) is 62.4 Å². The molecule has 0 saturated carbocycles. The molecule has 0 spiro atoms. The van der Waals surface area contributed by atoms with Gasteiger partial charge < -0.3 is 14.6 Å². The normalized spacial score (nSPS) is 10.8. The predicted molar refractivity (Wildman–Crippen MR) is 119 cm³/mol. The molecule has 1 N–H and O–H groups in total. The number of ether oxygens (including phenoxy) is 1. The zero-order chi connectivity index (χ0) is 22.0. The van der Waals surface area contributed by atoms with Gasteiger partial charge in [0.05, 0.1) is 13.7 Å². The van der Waals surface area contributed by atoms with Gasteiger partial charge in [-0.3, -0.25) is 9.59 Å². The summed E-state index contributed by atoms with van der Waals surface area (Å²) in [5.74, 6) is -0.112. The number of nitrogens with one attached hydrogen (secondary N) is 1. The third-order valence-corrected chi connectivity index (χ3v) is 5.13. The van der Waals surface area contributed by atoms with Crippen LogP contribution in [0.2, 0.25) is 0 Å². The number of benzene rings is 3. The van der Waals surface area contributed by atoms with E-state index in [4.69, 9.17) is 4.74 Å². The Bertz CT molecular complexity index is 1300. The Kier molecular flexibility index (Phi) is 5.54. The van der Waals surface area contributed by atoms with Crippen LogP contribution in [0.25, 0.3) is 10.9 Å². The summed E-state index contributed by atoms with van der Waals surface area (Å²) in [4.78, 5) is 30.4. The summed E-state index contributed by atoms with van der Waals surface area (Å²) in [5.41, 5.74) is 2.89. The minimum absolute atomic E-state index is 0.0572. The lowest BCUT2D eigenvalue weighted by molar-refractivity contribution is 0.0985. The van der Waals surface area contributed by atoms with E-state index in [0.29, 0.717) is 22.6 Å². The Morgan fingerprint density at radius 3 is 2.39 bits per heavy atom. The number of anilines is 1. The van der Waals surface area contributed by atoms with Crippen molar-refractivity contribution in [1.29, 1.82) is 0 Å². The molecule has 0 atom stereocenters. The van der Waals surface area contributed by atoms with Gasteiger partial charge in [0, 0.05) is 22.3 Å².